The molecule has 2 heteroatoms. The maximum atomic E-state index is 7.33. The highest BCUT2D eigenvalue weighted by Crippen LogP contribution is 2.41. The van der Waals surface area contributed by atoms with Crippen LogP contribution in [0.15, 0.2) is 115 Å². The number of rotatable bonds is 11. The first-order valence-corrected chi connectivity index (χ1v) is 15.6. The lowest BCUT2D eigenvalue weighted by Gasteiger charge is -2.37. The van der Waals surface area contributed by atoms with Gasteiger partial charge in [0.1, 0.15) is 0 Å². The van der Waals surface area contributed by atoms with Crippen molar-refractivity contribution in [2.75, 3.05) is 0 Å². The highest BCUT2D eigenvalue weighted by atomic mass is 28.4. The monoisotopic (exact) mass is 478 g/mol. The molecule has 0 aliphatic carbocycles. The van der Waals surface area contributed by atoms with E-state index in [2.05, 4.69) is 136 Å². The summed E-state index contributed by atoms with van der Waals surface area (Å²) in [6.07, 6.45) is 5.63. The van der Waals surface area contributed by atoms with Gasteiger partial charge in [0.25, 0.3) is 0 Å². The second-order valence-electron chi connectivity index (χ2n) is 9.44. The van der Waals surface area contributed by atoms with Crippen molar-refractivity contribution in [1.82, 2.24) is 0 Å². The Hall–Kier alpha value is -2.94. The Balaban J connectivity index is 1.79. The fraction of sp³-hybridized carbons (Fsp3) is 0.273. The van der Waals surface area contributed by atoms with Crippen molar-refractivity contribution in [2.24, 2.45) is 0 Å². The van der Waals surface area contributed by atoms with Gasteiger partial charge >= 0.3 is 0 Å². The molecule has 0 N–H and O–H groups in total. The first-order chi connectivity index (χ1) is 17.2. The van der Waals surface area contributed by atoms with E-state index in [1.165, 1.54) is 27.5 Å². The van der Waals surface area contributed by atoms with Gasteiger partial charge in [0.05, 0.1) is 6.10 Å². The lowest BCUT2D eigenvalue weighted by Crippen LogP contribution is -2.38. The predicted molar refractivity (Wildman–Crippen MR) is 153 cm³/mol. The Morgan fingerprint density at radius 2 is 1.26 bits per heavy atom. The standard InChI is InChI=1S/C33H38OSi/c1-4-35(5-2,6-3)34-33(31-25-24-28-19-13-14-22-30(28)26-31)32(29-20-11-8-12-21-29)23-15-18-27-16-9-7-10-17-27/h7-17,19-26,32-33H,4-6,18H2,1-3H3/b23-15-/t32-,33-/m1/s1. The van der Waals surface area contributed by atoms with Gasteiger partial charge in [-0.25, -0.2) is 0 Å². The van der Waals surface area contributed by atoms with Crippen molar-refractivity contribution in [3.63, 3.8) is 0 Å². The van der Waals surface area contributed by atoms with E-state index < -0.39 is 8.32 Å². The van der Waals surface area contributed by atoms with Gasteiger partial charge in [-0.2, -0.15) is 0 Å². The van der Waals surface area contributed by atoms with Crippen molar-refractivity contribution in [3.05, 3.63) is 132 Å². The van der Waals surface area contributed by atoms with Gasteiger partial charge in [-0.1, -0.05) is 130 Å². The largest absolute Gasteiger partial charge is 0.409 e. The van der Waals surface area contributed by atoms with Gasteiger partial charge in [-0.15, -0.1) is 0 Å². The zero-order valence-electron chi connectivity index (χ0n) is 21.4. The third-order valence-corrected chi connectivity index (χ3v) is 12.1. The van der Waals surface area contributed by atoms with E-state index in [4.69, 9.17) is 4.43 Å². The highest BCUT2D eigenvalue weighted by Gasteiger charge is 2.35. The van der Waals surface area contributed by atoms with E-state index in [0.717, 1.165) is 24.6 Å². The van der Waals surface area contributed by atoms with Crippen LogP contribution in [0, 0.1) is 0 Å². The van der Waals surface area contributed by atoms with Gasteiger partial charge in [-0.3, -0.25) is 0 Å². The first-order valence-electron chi connectivity index (χ1n) is 13.1. The first kappa shape index (κ1) is 25.2. The number of allylic oxidation sites excluding steroid dienone is 1. The molecule has 0 aliphatic heterocycles. The molecule has 0 radical (unpaired) electrons. The molecule has 0 unspecified atom stereocenters. The van der Waals surface area contributed by atoms with Crippen molar-refractivity contribution in [3.8, 4) is 0 Å². The average molecular weight is 479 g/mol. The minimum atomic E-state index is -1.86. The van der Waals surface area contributed by atoms with Crippen LogP contribution in [0.4, 0.5) is 0 Å². The molecule has 0 aliphatic rings. The smallest absolute Gasteiger partial charge is 0.192 e. The summed E-state index contributed by atoms with van der Waals surface area (Å²) in [7, 11) is -1.86. The molecule has 0 aromatic heterocycles. The quantitative estimate of drug-likeness (QED) is 0.154. The number of benzene rings is 4. The molecular weight excluding hydrogens is 440 g/mol. The van der Waals surface area contributed by atoms with Crippen LogP contribution in [0.3, 0.4) is 0 Å². The third kappa shape index (κ3) is 6.20. The minimum Gasteiger partial charge on any atom is -0.409 e. The third-order valence-electron chi connectivity index (χ3n) is 7.46. The molecule has 35 heavy (non-hydrogen) atoms. The second kappa shape index (κ2) is 12.1. The summed E-state index contributed by atoms with van der Waals surface area (Å²) in [6, 6.07) is 40.5. The van der Waals surface area contributed by atoms with Crippen molar-refractivity contribution >= 4 is 19.1 Å². The van der Waals surface area contributed by atoms with E-state index in [1.54, 1.807) is 0 Å². The Morgan fingerprint density at radius 3 is 1.91 bits per heavy atom. The Labute approximate surface area is 212 Å². The van der Waals surface area contributed by atoms with E-state index in [1.807, 2.05) is 0 Å². The number of hydrogen-bond donors (Lipinski definition) is 0. The summed E-state index contributed by atoms with van der Waals surface area (Å²) < 4.78 is 7.33. The van der Waals surface area contributed by atoms with E-state index in [0.29, 0.717) is 0 Å². The SMILES string of the molecule is CC[Si](CC)(CC)O[C@H](c1ccc2ccccc2c1)[C@H](/C=C\Cc1ccccc1)c1ccccc1. The Bertz CT molecular complexity index is 1200. The molecule has 180 valence electrons. The van der Waals surface area contributed by atoms with Gasteiger partial charge in [-0.05, 0) is 58.1 Å². The molecule has 1 nitrogen and oxygen atoms in total. The van der Waals surface area contributed by atoms with Crippen molar-refractivity contribution in [1.29, 1.82) is 0 Å². The molecule has 2 atom stereocenters. The molecule has 0 bridgehead atoms. The van der Waals surface area contributed by atoms with Gasteiger partial charge in [0.2, 0.25) is 0 Å². The molecule has 0 fully saturated rings. The summed E-state index contributed by atoms with van der Waals surface area (Å²) in [6.45, 7) is 6.96. The summed E-state index contributed by atoms with van der Waals surface area (Å²) >= 11 is 0. The molecule has 0 saturated heterocycles. The fourth-order valence-corrected chi connectivity index (χ4v) is 7.85. The molecule has 0 saturated carbocycles. The van der Waals surface area contributed by atoms with E-state index in [-0.39, 0.29) is 12.0 Å². The highest BCUT2D eigenvalue weighted by molar-refractivity contribution is 6.73. The topological polar surface area (TPSA) is 9.23 Å². The zero-order chi connectivity index (χ0) is 24.5. The van der Waals surface area contributed by atoms with Crippen LogP contribution in [0.2, 0.25) is 18.1 Å². The van der Waals surface area contributed by atoms with E-state index >= 15 is 0 Å². The molecule has 4 aromatic rings. The van der Waals surface area contributed by atoms with Gasteiger partial charge in [0, 0.05) is 5.92 Å². The maximum Gasteiger partial charge on any atom is 0.192 e. The fourth-order valence-electron chi connectivity index (χ4n) is 5.03. The summed E-state index contributed by atoms with van der Waals surface area (Å²) in [5, 5.41) is 2.55. The average Bonchev–Trinajstić information content (AvgIpc) is 2.93. The summed E-state index contributed by atoms with van der Waals surface area (Å²) in [5.74, 6) is 0.151. The molecule has 0 heterocycles. The Morgan fingerprint density at radius 1 is 0.657 bits per heavy atom. The van der Waals surface area contributed by atoms with E-state index in [9.17, 15) is 0 Å². The minimum absolute atomic E-state index is 0.0134. The second-order valence-corrected chi connectivity index (χ2v) is 14.2. The molecule has 0 spiro atoms. The number of hydrogen-bond acceptors (Lipinski definition) is 1. The predicted octanol–water partition coefficient (Wildman–Crippen LogP) is 9.49. The van der Waals surface area contributed by atoms with Crippen molar-refractivity contribution in [2.45, 2.75) is 57.3 Å². The lowest BCUT2D eigenvalue weighted by atomic mass is 9.87. The van der Waals surface area contributed by atoms with Gasteiger partial charge < -0.3 is 4.43 Å². The van der Waals surface area contributed by atoms with Crippen LogP contribution >= 0.6 is 0 Å². The normalized spacial score (nSPS) is 13.8. The number of fused-ring (bicyclic) bond motifs is 1. The van der Waals surface area contributed by atoms with Crippen LogP contribution in [-0.2, 0) is 10.8 Å². The maximum absolute atomic E-state index is 7.33. The molecule has 4 aromatic carbocycles. The molecule has 4 rings (SSSR count). The summed E-state index contributed by atoms with van der Waals surface area (Å²) in [4.78, 5) is 0. The Kier molecular flexibility index (Phi) is 8.73. The van der Waals surface area contributed by atoms with Crippen LogP contribution in [0.1, 0.15) is 49.5 Å². The zero-order valence-corrected chi connectivity index (χ0v) is 22.4. The molecular formula is C33H38OSi. The van der Waals surface area contributed by atoms with Crippen LogP contribution < -0.4 is 0 Å². The van der Waals surface area contributed by atoms with Gasteiger partial charge in [0.15, 0.2) is 8.32 Å². The van der Waals surface area contributed by atoms with Crippen LogP contribution in [0.25, 0.3) is 10.8 Å². The van der Waals surface area contributed by atoms with Crippen molar-refractivity contribution < 1.29 is 4.43 Å². The summed E-state index contributed by atoms with van der Waals surface area (Å²) in [5.41, 5.74) is 3.91. The van der Waals surface area contributed by atoms with Crippen LogP contribution in [0.5, 0.6) is 0 Å². The van der Waals surface area contributed by atoms with Crippen LogP contribution in [-0.4, -0.2) is 8.32 Å². The lowest BCUT2D eigenvalue weighted by molar-refractivity contribution is 0.174. The molecule has 0 amide bonds.